The summed E-state index contributed by atoms with van der Waals surface area (Å²) < 4.78 is 0. The van der Waals surface area contributed by atoms with Crippen LogP contribution in [-0.4, -0.2) is 42.6 Å². The number of carbonyl (C=O) groups is 2. The molecule has 1 N–H and O–H groups in total. The third kappa shape index (κ3) is 3.57. The molecule has 5 rings (SSSR count). The molecule has 0 amide bonds. The number of nitrogens with one attached hydrogen (secondary N) is 1. The highest BCUT2D eigenvalue weighted by atomic mass is 16.2. The fourth-order valence-electron chi connectivity index (χ4n) is 5.11. The van der Waals surface area contributed by atoms with Gasteiger partial charge in [0.25, 0.3) is 0 Å². The number of hydrogen-bond acceptors (Lipinski definition) is 3. The molecule has 0 unspecified atom stereocenters. The van der Waals surface area contributed by atoms with Crippen LogP contribution >= 0.6 is 0 Å². The maximum atomic E-state index is 12.9. The molecule has 0 bridgehead atoms. The normalized spacial score (nSPS) is 16.6. The number of hydrogen-bond donors (Lipinski definition) is 1. The van der Waals surface area contributed by atoms with E-state index >= 15 is 0 Å². The third-order valence-corrected chi connectivity index (χ3v) is 6.79. The van der Waals surface area contributed by atoms with Gasteiger partial charge in [0.15, 0.2) is 11.6 Å². The highest BCUT2D eigenvalue weighted by Crippen LogP contribution is 2.29. The van der Waals surface area contributed by atoms with Crippen molar-refractivity contribution in [3.63, 3.8) is 0 Å². The van der Waals surface area contributed by atoms with Crippen molar-refractivity contribution >= 4 is 11.6 Å². The van der Waals surface area contributed by atoms with Crippen LogP contribution in [0.4, 0.5) is 0 Å². The molecule has 160 valence electrons. The van der Waals surface area contributed by atoms with Crippen LogP contribution in [0.5, 0.6) is 0 Å². The van der Waals surface area contributed by atoms with Gasteiger partial charge >= 0.3 is 0 Å². The second-order valence-corrected chi connectivity index (χ2v) is 8.56. The highest BCUT2D eigenvalue weighted by Gasteiger charge is 2.37. The minimum atomic E-state index is -0.135. The molecule has 0 spiro atoms. The number of rotatable bonds is 4. The molecule has 32 heavy (non-hydrogen) atoms. The fraction of sp³-hybridized carbons (Fsp3) is 0.214. The number of allylic oxidation sites excluding steroid dienone is 2. The summed E-state index contributed by atoms with van der Waals surface area (Å²) in [6, 6.07) is 28.8. The van der Waals surface area contributed by atoms with Crippen molar-refractivity contribution in [2.24, 2.45) is 0 Å². The number of carbonyl (C=O) groups excluding carboxylic acids is 2. The Balaban J connectivity index is 1.38. The Hall–Kier alpha value is -3.50. The van der Waals surface area contributed by atoms with Crippen LogP contribution < -0.4 is 4.90 Å². The zero-order chi connectivity index (χ0) is 22.1. The predicted molar refractivity (Wildman–Crippen MR) is 125 cm³/mol. The number of quaternary nitrogens is 1. The number of fused-ring (bicyclic) bond motifs is 1. The van der Waals surface area contributed by atoms with Crippen molar-refractivity contribution in [2.75, 3.05) is 26.2 Å². The van der Waals surface area contributed by atoms with E-state index in [0.29, 0.717) is 16.7 Å². The van der Waals surface area contributed by atoms with Crippen LogP contribution in [0.1, 0.15) is 44.8 Å². The van der Waals surface area contributed by atoms with Crippen LogP contribution in [0.15, 0.2) is 96.2 Å². The van der Waals surface area contributed by atoms with Gasteiger partial charge in [-0.2, -0.15) is 0 Å². The minimum absolute atomic E-state index is 0.135. The smallest absolute Gasteiger partial charge is 0.199 e. The molecule has 1 aliphatic heterocycles. The predicted octanol–water partition coefficient (Wildman–Crippen LogP) is 3.33. The summed E-state index contributed by atoms with van der Waals surface area (Å²) in [6.07, 6.45) is 0. The van der Waals surface area contributed by atoms with Crippen molar-refractivity contribution in [3.8, 4) is 0 Å². The number of benzene rings is 3. The van der Waals surface area contributed by atoms with E-state index in [9.17, 15) is 9.59 Å². The van der Waals surface area contributed by atoms with E-state index in [1.807, 2.05) is 19.1 Å². The van der Waals surface area contributed by atoms with E-state index in [1.165, 1.54) is 16.0 Å². The summed E-state index contributed by atoms with van der Waals surface area (Å²) in [4.78, 5) is 29.6. The second kappa shape index (κ2) is 8.56. The fourth-order valence-corrected chi connectivity index (χ4v) is 5.11. The van der Waals surface area contributed by atoms with Crippen molar-refractivity contribution in [1.82, 2.24) is 4.90 Å². The van der Waals surface area contributed by atoms with Gasteiger partial charge in [-0.3, -0.25) is 9.59 Å². The van der Waals surface area contributed by atoms with Gasteiger partial charge in [0.2, 0.25) is 0 Å². The van der Waals surface area contributed by atoms with E-state index in [0.717, 1.165) is 31.9 Å². The molecule has 0 aromatic heterocycles. The number of piperazine rings is 1. The molecule has 3 aromatic carbocycles. The van der Waals surface area contributed by atoms with Gasteiger partial charge < -0.3 is 9.80 Å². The first-order valence-corrected chi connectivity index (χ1v) is 11.2. The van der Waals surface area contributed by atoms with Gasteiger partial charge in [0.05, 0.1) is 31.8 Å². The first kappa shape index (κ1) is 20.4. The first-order valence-electron chi connectivity index (χ1n) is 11.2. The summed E-state index contributed by atoms with van der Waals surface area (Å²) in [7, 11) is 0. The van der Waals surface area contributed by atoms with Crippen LogP contribution in [0.2, 0.25) is 0 Å². The lowest BCUT2D eigenvalue weighted by atomic mass is 9.96. The molecule has 1 fully saturated rings. The van der Waals surface area contributed by atoms with E-state index in [1.54, 1.807) is 12.1 Å². The topological polar surface area (TPSA) is 41.8 Å². The van der Waals surface area contributed by atoms with Crippen LogP contribution in [0.25, 0.3) is 0 Å². The Kier molecular flexibility index (Phi) is 5.46. The van der Waals surface area contributed by atoms with Gasteiger partial charge in [-0.15, -0.1) is 0 Å². The second-order valence-electron chi connectivity index (χ2n) is 8.56. The average Bonchev–Trinajstić information content (AvgIpc) is 3.11. The van der Waals surface area contributed by atoms with Gasteiger partial charge in [-0.1, -0.05) is 84.9 Å². The standard InChI is InChI=1S/C28H26N2O2/c1-20(25-27(31)23-14-8-9-15-24(23)28(25)32)29-16-18-30(19-17-29)26(21-10-4-2-5-11-21)22-12-6-3-7-13-22/h2-15,26H,16-19H2,1H3/p+1. The van der Waals surface area contributed by atoms with E-state index in [2.05, 4.69) is 65.6 Å². The molecule has 0 atom stereocenters. The maximum Gasteiger partial charge on any atom is 0.199 e. The lowest BCUT2D eigenvalue weighted by molar-refractivity contribution is -0.929. The molecule has 4 nitrogen and oxygen atoms in total. The first-order chi connectivity index (χ1) is 15.6. The van der Waals surface area contributed by atoms with Crippen LogP contribution in [-0.2, 0) is 0 Å². The summed E-state index contributed by atoms with van der Waals surface area (Å²) in [5, 5.41) is 0. The molecule has 0 radical (unpaired) electrons. The molecule has 1 saturated heterocycles. The Morgan fingerprint density at radius 3 is 1.62 bits per heavy atom. The van der Waals surface area contributed by atoms with Crippen LogP contribution in [0, 0.1) is 0 Å². The SMILES string of the molecule is CC(=C1C(=O)c2ccccc2C1=O)N1CC[NH+](C(c2ccccc2)c2ccccc2)CC1. The summed E-state index contributed by atoms with van der Waals surface area (Å²) in [5.74, 6) is -0.270. The van der Waals surface area contributed by atoms with Crippen LogP contribution in [0.3, 0.4) is 0 Å². The van der Waals surface area contributed by atoms with Crippen molar-refractivity contribution in [1.29, 1.82) is 0 Å². The molecule has 1 aliphatic carbocycles. The van der Waals surface area contributed by atoms with Gasteiger partial charge in [-0.05, 0) is 6.92 Å². The lowest BCUT2D eigenvalue weighted by Crippen LogP contribution is -3.15. The summed E-state index contributed by atoms with van der Waals surface area (Å²) >= 11 is 0. The Labute approximate surface area is 188 Å². The minimum Gasteiger partial charge on any atom is -0.363 e. The molecule has 0 saturated carbocycles. The summed E-state index contributed by atoms with van der Waals surface area (Å²) in [6.45, 7) is 5.44. The highest BCUT2D eigenvalue weighted by molar-refractivity contribution is 6.39. The molecular formula is C28H27N2O2+. The van der Waals surface area contributed by atoms with Gasteiger partial charge in [0.1, 0.15) is 6.04 Å². The molecule has 3 aromatic rings. The largest absolute Gasteiger partial charge is 0.363 e. The van der Waals surface area contributed by atoms with E-state index in [-0.39, 0.29) is 17.6 Å². The monoisotopic (exact) mass is 423 g/mol. The van der Waals surface area contributed by atoms with Gasteiger partial charge in [-0.25, -0.2) is 0 Å². The molecule has 2 aliphatic rings. The van der Waals surface area contributed by atoms with Crippen molar-refractivity contribution in [2.45, 2.75) is 13.0 Å². The third-order valence-electron chi connectivity index (χ3n) is 6.79. The molecular weight excluding hydrogens is 396 g/mol. The van der Waals surface area contributed by atoms with E-state index in [4.69, 9.17) is 0 Å². The number of nitrogens with zero attached hydrogens (tertiary/aromatic N) is 1. The Morgan fingerprint density at radius 2 is 1.16 bits per heavy atom. The number of ketones is 2. The van der Waals surface area contributed by atoms with Crippen molar-refractivity contribution < 1.29 is 14.5 Å². The zero-order valence-corrected chi connectivity index (χ0v) is 18.3. The van der Waals surface area contributed by atoms with E-state index < -0.39 is 0 Å². The lowest BCUT2D eigenvalue weighted by Gasteiger charge is -2.38. The Bertz CT molecular complexity index is 1100. The summed E-state index contributed by atoms with van der Waals surface area (Å²) in [5.41, 5.74) is 4.85. The van der Waals surface area contributed by atoms with Crippen molar-refractivity contribution in [3.05, 3.63) is 118 Å². The molecule has 4 heteroatoms. The van der Waals surface area contributed by atoms with Gasteiger partial charge in [0, 0.05) is 28.0 Å². The zero-order valence-electron chi connectivity index (χ0n) is 18.3. The Morgan fingerprint density at radius 1 is 0.719 bits per heavy atom. The molecule has 1 heterocycles. The number of Topliss-reactive ketones (excluding diaryl/α,β-unsaturated/α-hetero) is 2. The quantitative estimate of drug-likeness (QED) is 0.517. The maximum absolute atomic E-state index is 12.9. The average molecular weight is 424 g/mol.